The van der Waals surface area contributed by atoms with Crippen molar-refractivity contribution >= 4 is 27.6 Å². The third kappa shape index (κ3) is 6.53. The van der Waals surface area contributed by atoms with E-state index in [0.717, 1.165) is 12.2 Å². The lowest BCUT2D eigenvalue weighted by molar-refractivity contribution is -0.141. The minimum absolute atomic E-state index is 0.224. The molecule has 4 N–H and O–H groups in total. The molecule has 0 amide bonds. The van der Waals surface area contributed by atoms with Gasteiger partial charge in [-0.2, -0.15) is 0 Å². The zero-order chi connectivity index (χ0) is 11.0. The number of rotatable bonds is 7. The van der Waals surface area contributed by atoms with Crippen molar-refractivity contribution in [3.8, 4) is 0 Å². The first-order valence-corrected chi connectivity index (χ1v) is 6.94. The van der Waals surface area contributed by atoms with Crippen LogP contribution < -0.4 is 11.5 Å². The van der Waals surface area contributed by atoms with Crippen LogP contribution in [0.25, 0.3) is 0 Å². The van der Waals surface area contributed by atoms with Gasteiger partial charge in [0.15, 0.2) is 0 Å². The molecule has 6 heteroatoms. The molecule has 0 bridgehead atoms. The van der Waals surface area contributed by atoms with Crippen LogP contribution in [0, 0.1) is 0 Å². The van der Waals surface area contributed by atoms with Crippen molar-refractivity contribution < 1.29 is 9.53 Å². The van der Waals surface area contributed by atoms with Crippen molar-refractivity contribution in [2.75, 3.05) is 18.6 Å². The summed E-state index contributed by atoms with van der Waals surface area (Å²) >= 11 is 0. The Bertz CT molecular complexity index is 169. The summed E-state index contributed by atoms with van der Waals surface area (Å²) in [6.45, 7) is 2.05. The van der Waals surface area contributed by atoms with Gasteiger partial charge < -0.3 is 16.2 Å². The summed E-state index contributed by atoms with van der Waals surface area (Å²) < 4.78 is 4.50. The maximum Gasteiger partial charge on any atom is 0.323 e. The first-order valence-electron chi connectivity index (χ1n) is 4.45. The highest BCUT2D eigenvalue weighted by molar-refractivity contribution is 8.76. The molecular formula is C8H18N2O2S2. The molecule has 14 heavy (non-hydrogen) atoms. The number of methoxy groups -OCH3 is 1. The number of hydrogen-bond donors (Lipinski definition) is 2. The number of ether oxygens (including phenoxy) is 1. The van der Waals surface area contributed by atoms with Crippen LogP contribution in [0.4, 0.5) is 0 Å². The summed E-state index contributed by atoms with van der Waals surface area (Å²) in [7, 11) is 4.55. The van der Waals surface area contributed by atoms with Crippen molar-refractivity contribution in [3.63, 3.8) is 0 Å². The van der Waals surface area contributed by atoms with Gasteiger partial charge in [-0.1, -0.05) is 28.5 Å². The largest absolute Gasteiger partial charge is 0.468 e. The highest BCUT2D eigenvalue weighted by atomic mass is 33.1. The second kappa shape index (κ2) is 8.40. The second-order valence-electron chi connectivity index (χ2n) is 2.87. The van der Waals surface area contributed by atoms with E-state index in [1.807, 2.05) is 0 Å². The molecule has 0 spiro atoms. The summed E-state index contributed by atoms with van der Waals surface area (Å²) in [4.78, 5) is 10.9. The maximum absolute atomic E-state index is 10.9. The molecule has 4 nitrogen and oxygen atoms in total. The average Bonchev–Trinajstić information content (AvgIpc) is 2.22. The van der Waals surface area contributed by atoms with E-state index in [-0.39, 0.29) is 12.0 Å². The van der Waals surface area contributed by atoms with E-state index in [4.69, 9.17) is 11.5 Å². The standard InChI is InChI=1S/C8H18N2O2S2/c1-3-6(9)4-13-14-5-7(10)8(11)12-2/h6-7H,3-5,9-10H2,1-2H3. The van der Waals surface area contributed by atoms with Gasteiger partial charge in [0.05, 0.1) is 7.11 Å². The molecule has 0 radical (unpaired) electrons. The summed E-state index contributed by atoms with van der Waals surface area (Å²) in [6, 6.07) is -0.308. The fourth-order valence-corrected chi connectivity index (χ4v) is 3.02. The van der Waals surface area contributed by atoms with E-state index >= 15 is 0 Å². The van der Waals surface area contributed by atoms with Gasteiger partial charge in [0.2, 0.25) is 0 Å². The molecule has 0 fully saturated rings. The van der Waals surface area contributed by atoms with Gasteiger partial charge in [-0.05, 0) is 6.42 Å². The molecule has 0 aliphatic rings. The quantitative estimate of drug-likeness (QED) is 0.384. The Hall–Kier alpha value is 0.0900. The lowest BCUT2D eigenvalue weighted by atomic mass is 10.3. The lowest BCUT2D eigenvalue weighted by Gasteiger charge is -2.10. The zero-order valence-corrected chi connectivity index (χ0v) is 10.2. The van der Waals surface area contributed by atoms with Gasteiger partial charge >= 0.3 is 5.97 Å². The third-order valence-electron chi connectivity index (χ3n) is 1.64. The topological polar surface area (TPSA) is 78.3 Å². The van der Waals surface area contributed by atoms with Gasteiger partial charge in [-0.25, -0.2) is 0 Å². The highest BCUT2D eigenvalue weighted by Gasteiger charge is 2.13. The fraction of sp³-hybridized carbons (Fsp3) is 0.875. The van der Waals surface area contributed by atoms with Crippen molar-refractivity contribution in [2.45, 2.75) is 25.4 Å². The number of esters is 1. The van der Waals surface area contributed by atoms with Crippen molar-refractivity contribution in [1.29, 1.82) is 0 Å². The van der Waals surface area contributed by atoms with E-state index < -0.39 is 6.04 Å². The number of carbonyl (C=O) groups excluding carboxylic acids is 1. The number of carbonyl (C=O) groups is 1. The predicted molar refractivity (Wildman–Crippen MR) is 63.2 cm³/mol. The van der Waals surface area contributed by atoms with Crippen LogP contribution >= 0.6 is 21.6 Å². The van der Waals surface area contributed by atoms with E-state index in [9.17, 15) is 4.79 Å². The maximum atomic E-state index is 10.9. The van der Waals surface area contributed by atoms with Crippen LogP contribution in [0.5, 0.6) is 0 Å². The fourth-order valence-electron chi connectivity index (χ4n) is 0.594. The minimum atomic E-state index is -0.532. The molecule has 0 heterocycles. The molecule has 0 aromatic rings. The van der Waals surface area contributed by atoms with Gasteiger partial charge in [0.25, 0.3) is 0 Å². The Morgan fingerprint density at radius 3 is 2.43 bits per heavy atom. The molecule has 0 aromatic heterocycles. The summed E-state index contributed by atoms with van der Waals surface area (Å²) in [5, 5.41) is 0. The van der Waals surface area contributed by atoms with Crippen molar-refractivity contribution in [2.24, 2.45) is 11.5 Å². The molecule has 0 aliphatic heterocycles. The minimum Gasteiger partial charge on any atom is -0.468 e. The summed E-state index contributed by atoms with van der Waals surface area (Å²) in [5.41, 5.74) is 11.3. The Morgan fingerprint density at radius 1 is 1.36 bits per heavy atom. The predicted octanol–water partition coefficient (Wildman–Crippen LogP) is 0.605. The van der Waals surface area contributed by atoms with Crippen molar-refractivity contribution in [1.82, 2.24) is 0 Å². The molecule has 84 valence electrons. The molecule has 0 saturated heterocycles. The molecule has 2 unspecified atom stereocenters. The SMILES string of the molecule is CCC(N)CSSCC(N)C(=O)OC. The second-order valence-corrected chi connectivity index (χ2v) is 5.42. The van der Waals surface area contributed by atoms with Crippen LogP contribution in [-0.2, 0) is 9.53 Å². The van der Waals surface area contributed by atoms with Crippen LogP contribution in [0.15, 0.2) is 0 Å². The van der Waals surface area contributed by atoms with Crippen LogP contribution in [0.1, 0.15) is 13.3 Å². The average molecular weight is 238 g/mol. The number of hydrogen-bond acceptors (Lipinski definition) is 6. The Balaban J connectivity index is 3.40. The van der Waals surface area contributed by atoms with E-state index in [1.54, 1.807) is 21.6 Å². The molecule has 0 rings (SSSR count). The van der Waals surface area contributed by atoms with E-state index in [0.29, 0.717) is 5.75 Å². The highest BCUT2D eigenvalue weighted by Crippen LogP contribution is 2.22. The van der Waals surface area contributed by atoms with Crippen molar-refractivity contribution in [3.05, 3.63) is 0 Å². The van der Waals surface area contributed by atoms with E-state index in [1.165, 1.54) is 7.11 Å². The molecule has 2 atom stereocenters. The van der Waals surface area contributed by atoms with Crippen LogP contribution in [0.2, 0.25) is 0 Å². The Morgan fingerprint density at radius 2 is 1.93 bits per heavy atom. The smallest absolute Gasteiger partial charge is 0.323 e. The van der Waals surface area contributed by atoms with Gasteiger partial charge in [-0.3, -0.25) is 4.79 Å². The first-order chi connectivity index (χ1) is 6.61. The normalized spacial score (nSPS) is 14.9. The summed E-state index contributed by atoms with van der Waals surface area (Å²) in [6.07, 6.45) is 0.969. The Kier molecular flexibility index (Phi) is 8.46. The molecular weight excluding hydrogens is 220 g/mol. The van der Waals surface area contributed by atoms with Crippen LogP contribution in [0.3, 0.4) is 0 Å². The van der Waals surface area contributed by atoms with E-state index in [2.05, 4.69) is 11.7 Å². The third-order valence-corrected chi connectivity index (χ3v) is 4.18. The lowest BCUT2D eigenvalue weighted by Crippen LogP contribution is -2.33. The van der Waals surface area contributed by atoms with Gasteiger partial charge in [0.1, 0.15) is 6.04 Å². The van der Waals surface area contributed by atoms with Crippen LogP contribution in [-0.4, -0.2) is 36.7 Å². The monoisotopic (exact) mass is 238 g/mol. The number of nitrogens with two attached hydrogens (primary N) is 2. The van der Waals surface area contributed by atoms with Gasteiger partial charge in [0, 0.05) is 17.5 Å². The summed E-state index contributed by atoms with van der Waals surface area (Å²) in [5.74, 6) is 1.08. The molecule has 0 aliphatic carbocycles. The van der Waals surface area contributed by atoms with Gasteiger partial charge in [-0.15, -0.1) is 0 Å². The Labute approximate surface area is 92.9 Å². The molecule has 0 saturated carbocycles. The molecule has 0 aromatic carbocycles. The first kappa shape index (κ1) is 14.1. The zero-order valence-electron chi connectivity index (χ0n) is 8.56.